The number of ketones is 1. The number of carbonyl (C=O) groups is 2. The van der Waals surface area contributed by atoms with Crippen LogP contribution in [0.5, 0.6) is 5.75 Å². The van der Waals surface area contributed by atoms with Crippen LogP contribution in [0.1, 0.15) is 114 Å². The number of nitrogens with zero attached hydrogens (tertiary/aromatic N) is 3. The molecule has 0 fully saturated rings. The highest BCUT2D eigenvalue weighted by molar-refractivity contribution is 8.93. The van der Waals surface area contributed by atoms with Crippen molar-refractivity contribution in [2.45, 2.75) is 105 Å². The van der Waals surface area contributed by atoms with Crippen molar-refractivity contribution in [2.75, 3.05) is 13.7 Å². The summed E-state index contributed by atoms with van der Waals surface area (Å²) in [5.74, 6) is 0.253. The van der Waals surface area contributed by atoms with Gasteiger partial charge < -0.3 is 19.0 Å². The van der Waals surface area contributed by atoms with Gasteiger partial charge in [0.2, 0.25) is 5.62 Å². The fraction of sp³-hybridized carbons (Fsp3) is 0.633. The first-order valence-electron chi connectivity index (χ1n) is 13.5. The number of phenols is 1. The summed E-state index contributed by atoms with van der Waals surface area (Å²) in [5.41, 5.74) is 2.29. The molecule has 0 unspecified atom stereocenters. The van der Waals surface area contributed by atoms with E-state index in [-0.39, 0.29) is 52.5 Å². The van der Waals surface area contributed by atoms with Gasteiger partial charge in [-0.15, -0.1) is 17.0 Å². The minimum Gasteiger partial charge on any atom is -0.507 e. The van der Waals surface area contributed by atoms with Gasteiger partial charge in [-0.3, -0.25) is 9.79 Å². The van der Waals surface area contributed by atoms with E-state index in [9.17, 15) is 14.7 Å². The standard InChI is InChI=1S/C30H47N3O4.BrH/c1-11-20(12-2)14-15-33-24(27(36)37-13-3)18-32(28(33)31-10)19-25(34)21-16-22(29(4,5)6)26(35)23(17-21)30(7,8)9;/h16-18,20,35H,11-15,19H2,1-10H3;1H/b31-28-;. The molecule has 1 aromatic heterocycles. The Morgan fingerprint density at radius 2 is 1.53 bits per heavy atom. The maximum absolute atomic E-state index is 13.7. The maximum atomic E-state index is 13.7. The molecule has 214 valence electrons. The molecular weight excluding hydrogens is 546 g/mol. The lowest BCUT2D eigenvalue weighted by atomic mass is 9.78. The molecule has 0 spiro atoms. The fourth-order valence-corrected chi connectivity index (χ4v) is 4.69. The Balaban J connectivity index is 0.00000722. The zero-order chi connectivity index (χ0) is 28.1. The predicted octanol–water partition coefficient (Wildman–Crippen LogP) is 6.58. The van der Waals surface area contributed by atoms with E-state index in [0.29, 0.717) is 29.3 Å². The number of phenolic OH excluding ortho intramolecular Hbond substituents is 1. The molecule has 1 aromatic carbocycles. The molecule has 0 saturated carbocycles. The fourth-order valence-electron chi connectivity index (χ4n) is 4.69. The van der Waals surface area contributed by atoms with Crippen LogP contribution in [0.15, 0.2) is 23.3 Å². The number of benzene rings is 1. The predicted molar refractivity (Wildman–Crippen MR) is 159 cm³/mol. The van der Waals surface area contributed by atoms with Crippen molar-refractivity contribution in [3.63, 3.8) is 0 Å². The monoisotopic (exact) mass is 593 g/mol. The lowest BCUT2D eigenvalue weighted by Crippen LogP contribution is -2.30. The molecule has 8 heteroatoms. The number of Topliss-reactive ketones (excluding diaryl/α,β-unsaturated/α-hetero) is 1. The average Bonchev–Trinajstić information content (AvgIpc) is 3.15. The number of rotatable bonds is 10. The zero-order valence-electron chi connectivity index (χ0n) is 25.0. The van der Waals surface area contributed by atoms with Crippen LogP contribution in [0.4, 0.5) is 0 Å². The number of ether oxygens (including phenoxy) is 1. The van der Waals surface area contributed by atoms with Crippen molar-refractivity contribution < 1.29 is 19.4 Å². The maximum Gasteiger partial charge on any atom is 0.356 e. The normalized spacial score (nSPS) is 12.6. The van der Waals surface area contributed by atoms with Crippen LogP contribution in [0.3, 0.4) is 0 Å². The van der Waals surface area contributed by atoms with Gasteiger partial charge in [0.25, 0.3) is 0 Å². The van der Waals surface area contributed by atoms with Gasteiger partial charge >= 0.3 is 5.97 Å². The highest BCUT2D eigenvalue weighted by Gasteiger charge is 2.28. The van der Waals surface area contributed by atoms with E-state index < -0.39 is 5.97 Å². The van der Waals surface area contributed by atoms with E-state index in [4.69, 9.17) is 4.74 Å². The van der Waals surface area contributed by atoms with Crippen LogP contribution in [-0.4, -0.2) is 39.6 Å². The summed E-state index contributed by atoms with van der Waals surface area (Å²) in [5, 5.41) is 11.0. The lowest BCUT2D eigenvalue weighted by molar-refractivity contribution is 0.0512. The molecule has 1 N–H and O–H groups in total. The van der Waals surface area contributed by atoms with E-state index in [1.54, 1.807) is 36.9 Å². The Morgan fingerprint density at radius 1 is 1.00 bits per heavy atom. The number of aromatic nitrogens is 2. The smallest absolute Gasteiger partial charge is 0.356 e. The van der Waals surface area contributed by atoms with Crippen LogP contribution < -0.4 is 5.62 Å². The molecule has 0 aliphatic carbocycles. The summed E-state index contributed by atoms with van der Waals surface area (Å²) < 4.78 is 8.94. The Morgan fingerprint density at radius 3 is 1.95 bits per heavy atom. The molecule has 0 aliphatic rings. The number of hydrogen-bond donors (Lipinski definition) is 1. The van der Waals surface area contributed by atoms with Crippen molar-refractivity contribution >= 4 is 28.7 Å². The van der Waals surface area contributed by atoms with Gasteiger partial charge in [-0.1, -0.05) is 68.2 Å². The number of hydrogen-bond acceptors (Lipinski definition) is 5. The highest BCUT2D eigenvalue weighted by Crippen LogP contribution is 2.39. The third kappa shape index (κ3) is 7.84. The topological polar surface area (TPSA) is 85.8 Å². The van der Waals surface area contributed by atoms with E-state index >= 15 is 0 Å². The van der Waals surface area contributed by atoms with Crippen molar-refractivity contribution in [2.24, 2.45) is 10.9 Å². The van der Waals surface area contributed by atoms with Gasteiger partial charge in [0.1, 0.15) is 11.4 Å². The molecule has 0 saturated heterocycles. The Hall–Kier alpha value is -2.35. The largest absolute Gasteiger partial charge is 0.507 e. The summed E-state index contributed by atoms with van der Waals surface area (Å²) in [4.78, 5) is 30.9. The molecule has 0 bridgehead atoms. The van der Waals surface area contributed by atoms with Crippen molar-refractivity contribution in [3.05, 3.63) is 46.3 Å². The van der Waals surface area contributed by atoms with Crippen LogP contribution in [0.2, 0.25) is 0 Å². The number of esters is 1. The van der Waals surface area contributed by atoms with Crippen molar-refractivity contribution in [3.8, 4) is 5.75 Å². The van der Waals surface area contributed by atoms with Gasteiger partial charge in [-0.25, -0.2) is 4.79 Å². The van der Waals surface area contributed by atoms with Gasteiger partial charge in [-0.2, -0.15) is 0 Å². The van der Waals surface area contributed by atoms with Gasteiger partial charge in [0.15, 0.2) is 5.78 Å². The lowest BCUT2D eigenvalue weighted by Gasteiger charge is -2.28. The average molecular weight is 595 g/mol. The highest BCUT2D eigenvalue weighted by atomic mass is 79.9. The number of halogens is 1. The summed E-state index contributed by atoms with van der Waals surface area (Å²) in [6.07, 6.45) is 4.72. The first-order valence-corrected chi connectivity index (χ1v) is 13.5. The van der Waals surface area contributed by atoms with E-state index in [1.807, 2.05) is 46.1 Å². The van der Waals surface area contributed by atoms with Crippen LogP contribution in [0.25, 0.3) is 0 Å². The Kier molecular flexibility index (Phi) is 12.1. The summed E-state index contributed by atoms with van der Waals surface area (Å²) in [7, 11) is 1.68. The second-order valence-corrected chi connectivity index (χ2v) is 11.9. The molecule has 2 rings (SSSR count). The first-order chi connectivity index (χ1) is 17.2. The van der Waals surface area contributed by atoms with Crippen LogP contribution >= 0.6 is 17.0 Å². The minimum absolute atomic E-state index is 0. The van der Waals surface area contributed by atoms with Gasteiger partial charge in [0.05, 0.1) is 13.2 Å². The molecule has 1 heterocycles. The summed E-state index contributed by atoms with van der Waals surface area (Å²) >= 11 is 0. The zero-order valence-corrected chi connectivity index (χ0v) is 26.7. The SMILES string of the molecule is Br.CCOC(=O)c1cn(CC(=O)c2cc(C(C)(C)C)c(O)c(C(C)(C)C)c2)/c(=N/C)n1CCC(CC)CC. The molecule has 7 nitrogen and oxygen atoms in total. The molecule has 0 amide bonds. The minimum atomic E-state index is -0.419. The van der Waals surface area contributed by atoms with Gasteiger partial charge in [0, 0.05) is 36.5 Å². The second-order valence-electron chi connectivity index (χ2n) is 11.9. The van der Waals surface area contributed by atoms with Gasteiger partial charge in [-0.05, 0) is 42.2 Å². The van der Waals surface area contributed by atoms with Crippen LogP contribution in [0, 0.1) is 5.92 Å². The number of imidazole rings is 1. The van der Waals surface area contributed by atoms with Crippen molar-refractivity contribution in [1.82, 2.24) is 9.13 Å². The Labute approximate surface area is 239 Å². The van der Waals surface area contributed by atoms with Crippen molar-refractivity contribution in [1.29, 1.82) is 0 Å². The number of aromatic hydroxyl groups is 1. The Bertz CT molecular complexity index is 1140. The molecule has 0 aliphatic heterocycles. The third-order valence-electron chi connectivity index (χ3n) is 7.03. The molecule has 0 radical (unpaired) electrons. The number of carbonyl (C=O) groups excluding carboxylic acids is 2. The van der Waals surface area contributed by atoms with E-state index in [0.717, 1.165) is 30.4 Å². The third-order valence-corrected chi connectivity index (χ3v) is 7.03. The first kappa shape index (κ1) is 33.7. The quantitative estimate of drug-likeness (QED) is 0.249. The molecular formula is C30H48BrN3O4. The molecule has 38 heavy (non-hydrogen) atoms. The van der Waals surface area contributed by atoms with Crippen LogP contribution in [-0.2, 0) is 28.7 Å². The van der Waals surface area contributed by atoms with E-state index in [1.165, 1.54) is 0 Å². The van der Waals surface area contributed by atoms with E-state index in [2.05, 4.69) is 18.8 Å². The molecule has 0 atom stereocenters. The molecule has 2 aromatic rings. The summed E-state index contributed by atoms with van der Waals surface area (Å²) in [6.45, 7) is 19.2. The summed E-state index contributed by atoms with van der Waals surface area (Å²) in [6, 6.07) is 3.60. The second kappa shape index (κ2) is 13.6.